The predicted octanol–water partition coefficient (Wildman–Crippen LogP) is 4.51. The minimum atomic E-state index is -0.817. The van der Waals surface area contributed by atoms with E-state index in [2.05, 4.69) is 20.4 Å². The molecule has 0 spiro atoms. The highest BCUT2D eigenvalue weighted by Crippen LogP contribution is 2.36. The maximum Gasteiger partial charge on any atom is 0.245 e. The van der Waals surface area contributed by atoms with Crippen LogP contribution in [-0.2, 0) is 16.1 Å². The molecule has 6 aromatic rings. The molecule has 262 valence electrons. The number of rotatable bonds is 4. The lowest BCUT2D eigenvalue weighted by atomic mass is 10.1. The fraction of sp³-hybridized carbons (Fsp3) is 0.314. The molecule has 8 rings (SSSR count). The standard InChI is InChI=1S/C35H33F3N10O3/c1-18-41-27-12-20(37)10-23-26-6-5-7-30(42-26)51-21-13-29(34(49)45(3)15-22(50-4)17-46(18)31(23)27)47(16-21)32-24-14-40-48(33(24)44-35(39-2)43-32)28-9-8-19(36)11-25(28)38/h5-12,14,21-22,29H,13,15-17H2,1-4H3,(H,39,43,44)/t21-,22?,29-/m0/s1. The first-order valence-corrected chi connectivity index (χ1v) is 16.4. The summed E-state index contributed by atoms with van der Waals surface area (Å²) in [5, 5.41) is 7.79. The van der Waals surface area contributed by atoms with Crippen LogP contribution in [0.3, 0.4) is 0 Å². The molecule has 6 heterocycles. The van der Waals surface area contributed by atoms with Gasteiger partial charge in [0.15, 0.2) is 11.5 Å². The second kappa shape index (κ2) is 12.5. The van der Waals surface area contributed by atoms with Gasteiger partial charge in [-0.3, -0.25) is 4.79 Å². The molecule has 0 aliphatic carbocycles. The number of amides is 1. The fourth-order valence-corrected chi connectivity index (χ4v) is 7.03. The highest BCUT2D eigenvalue weighted by molar-refractivity contribution is 5.94. The Labute approximate surface area is 289 Å². The number of benzene rings is 2. The van der Waals surface area contributed by atoms with E-state index in [1.807, 2.05) is 16.4 Å². The monoisotopic (exact) mass is 698 g/mol. The van der Waals surface area contributed by atoms with Crippen molar-refractivity contribution in [2.24, 2.45) is 0 Å². The van der Waals surface area contributed by atoms with E-state index in [9.17, 15) is 18.0 Å². The number of hydrogen-bond donors (Lipinski definition) is 1. The Morgan fingerprint density at radius 1 is 0.980 bits per heavy atom. The van der Waals surface area contributed by atoms with E-state index >= 15 is 0 Å². The van der Waals surface area contributed by atoms with Gasteiger partial charge in [-0.05, 0) is 31.2 Å². The van der Waals surface area contributed by atoms with Crippen molar-refractivity contribution in [1.29, 1.82) is 0 Å². The summed E-state index contributed by atoms with van der Waals surface area (Å²) in [6, 6.07) is 10.6. The number of carbonyl (C=O) groups excluding carboxylic acids is 1. The van der Waals surface area contributed by atoms with E-state index in [0.29, 0.717) is 51.7 Å². The number of nitrogens with zero attached hydrogens (tertiary/aromatic N) is 9. The number of pyridine rings is 1. The van der Waals surface area contributed by atoms with Crippen molar-refractivity contribution in [3.63, 3.8) is 0 Å². The third-order valence-corrected chi connectivity index (χ3v) is 9.45. The zero-order valence-electron chi connectivity index (χ0n) is 28.1. The molecule has 0 saturated carbocycles. The smallest absolute Gasteiger partial charge is 0.245 e. The Morgan fingerprint density at radius 3 is 2.61 bits per heavy atom. The maximum atomic E-state index is 15.0. The molecule has 1 amide bonds. The second-order valence-electron chi connectivity index (χ2n) is 12.7. The lowest BCUT2D eigenvalue weighted by Gasteiger charge is -2.31. The van der Waals surface area contributed by atoms with Gasteiger partial charge in [0.1, 0.15) is 41.1 Å². The van der Waals surface area contributed by atoms with Gasteiger partial charge in [-0.15, -0.1) is 0 Å². The average Bonchev–Trinajstić information content (AvgIpc) is 3.81. The van der Waals surface area contributed by atoms with Crippen LogP contribution in [-0.4, -0.2) is 97.6 Å². The number of methoxy groups -OCH3 is 1. The van der Waals surface area contributed by atoms with Gasteiger partial charge in [0.05, 0.1) is 47.5 Å². The number of imidazole rings is 1. The molecule has 1 N–H and O–H groups in total. The predicted molar refractivity (Wildman–Crippen MR) is 182 cm³/mol. The molecule has 0 radical (unpaired) electrons. The SMILES string of the molecule is CNc1nc(N2C[C@@H]3C[C@H]2C(=O)N(C)CC(OC)Cn2c(C)nc4cc(F)cc(c42)-c2cccc(n2)O3)c2cnn(-c3ccc(F)cc3F)c2n1. The van der Waals surface area contributed by atoms with Crippen molar-refractivity contribution in [1.82, 2.24) is 39.2 Å². The summed E-state index contributed by atoms with van der Waals surface area (Å²) < 4.78 is 59.3. The number of likely N-dealkylation sites (N-methyl/N-ethyl adjacent to an activating group) is 1. The van der Waals surface area contributed by atoms with Crippen molar-refractivity contribution in [3.05, 3.63) is 78.0 Å². The van der Waals surface area contributed by atoms with Gasteiger partial charge in [-0.25, -0.2) is 27.8 Å². The van der Waals surface area contributed by atoms with Crippen molar-refractivity contribution >= 4 is 39.7 Å². The molecule has 51 heavy (non-hydrogen) atoms. The van der Waals surface area contributed by atoms with Gasteiger partial charge in [0.25, 0.3) is 0 Å². The van der Waals surface area contributed by atoms with Crippen molar-refractivity contribution in [3.8, 4) is 22.8 Å². The first-order valence-electron chi connectivity index (χ1n) is 16.4. The van der Waals surface area contributed by atoms with E-state index in [1.165, 1.54) is 29.1 Å². The third kappa shape index (κ3) is 5.64. The number of carbonyl (C=O) groups is 1. The molecule has 1 saturated heterocycles. The molecule has 16 heteroatoms. The average molecular weight is 699 g/mol. The number of aromatic nitrogens is 7. The highest BCUT2D eigenvalue weighted by Gasteiger charge is 2.42. The van der Waals surface area contributed by atoms with Crippen molar-refractivity contribution < 1.29 is 27.4 Å². The van der Waals surface area contributed by atoms with Crippen molar-refractivity contribution in [2.75, 3.05) is 44.5 Å². The minimum absolute atomic E-state index is 0.00189. The largest absolute Gasteiger partial charge is 0.472 e. The molecular formula is C35H33F3N10O3. The normalized spacial score (nSPS) is 19.4. The van der Waals surface area contributed by atoms with Crippen LogP contribution in [0.15, 0.2) is 54.7 Å². The lowest BCUT2D eigenvalue weighted by Crippen LogP contribution is -2.47. The van der Waals surface area contributed by atoms with Crippen LogP contribution >= 0.6 is 0 Å². The number of aryl methyl sites for hydroxylation is 1. The molecule has 2 aromatic carbocycles. The first-order chi connectivity index (χ1) is 24.6. The van der Waals surface area contributed by atoms with E-state index in [4.69, 9.17) is 19.4 Å². The third-order valence-electron chi connectivity index (χ3n) is 9.45. The summed E-state index contributed by atoms with van der Waals surface area (Å²) in [6.45, 7) is 2.64. The number of halogens is 3. The first kappa shape index (κ1) is 32.4. The summed E-state index contributed by atoms with van der Waals surface area (Å²) in [5.41, 5.74) is 2.48. The molecule has 1 fully saturated rings. The second-order valence-corrected chi connectivity index (χ2v) is 12.7. The maximum absolute atomic E-state index is 15.0. The Bertz CT molecular complexity index is 2330. The Hall–Kier alpha value is -5.77. The zero-order chi connectivity index (χ0) is 35.6. The van der Waals surface area contributed by atoms with Crippen LogP contribution in [0.2, 0.25) is 0 Å². The minimum Gasteiger partial charge on any atom is -0.472 e. The lowest BCUT2D eigenvalue weighted by molar-refractivity contribution is -0.133. The summed E-state index contributed by atoms with van der Waals surface area (Å²) in [7, 11) is 4.94. The van der Waals surface area contributed by atoms with Crippen LogP contribution in [0.25, 0.3) is 39.0 Å². The summed E-state index contributed by atoms with van der Waals surface area (Å²) in [4.78, 5) is 36.6. The van der Waals surface area contributed by atoms with Gasteiger partial charge in [0.2, 0.25) is 17.7 Å². The van der Waals surface area contributed by atoms with Crippen LogP contribution in [0.4, 0.5) is 24.9 Å². The molecule has 3 atom stereocenters. The molecule has 2 aliphatic heterocycles. The van der Waals surface area contributed by atoms with Gasteiger partial charge in [-0.2, -0.15) is 15.1 Å². The van der Waals surface area contributed by atoms with Crippen LogP contribution in [0.5, 0.6) is 5.88 Å². The Kier molecular flexibility index (Phi) is 7.97. The van der Waals surface area contributed by atoms with E-state index in [1.54, 1.807) is 44.3 Å². The molecule has 13 nitrogen and oxygen atoms in total. The summed E-state index contributed by atoms with van der Waals surface area (Å²) in [5.74, 6) is -0.654. The number of nitrogens with one attached hydrogen (secondary N) is 1. The van der Waals surface area contributed by atoms with E-state index in [0.717, 1.165) is 12.1 Å². The molecular weight excluding hydrogens is 665 g/mol. The summed E-state index contributed by atoms with van der Waals surface area (Å²) >= 11 is 0. The Morgan fingerprint density at radius 2 is 1.82 bits per heavy atom. The zero-order valence-corrected chi connectivity index (χ0v) is 28.1. The number of anilines is 2. The topological polar surface area (TPSA) is 128 Å². The van der Waals surface area contributed by atoms with E-state index in [-0.39, 0.29) is 42.7 Å². The molecule has 4 bridgehead atoms. The number of hydrogen-bond acceptors (Lipinski definition) is 10. The van der Waals surface area contributed by atoms with Crippen LogP contribution < -0.4 is 15.0 Å². The summed E-state index contributed by atoms with van der Waals surface area (Å²) in [6.07, 6.45) is 0.798. The number of ether oxygens (including phenoxy) is 2. The van der Waals surface area contributed by atoms with Gasteiger partial charge >= 0.3 is 0 Å². The fourth-order valence-electron chi connectivity index (χ4n) is 7.03. The number of fused-ring (bicyclic) bond motifs is 6. The Balaban J connectivity index is 1.25. The van der Waals surface area contributed by atoms with Gasteiger partial charge in [0, 0.05) is 57.9 Å². The quantitative estimate of drug-likeness (QED) is 0.281. The molecule has 4 aromatic heterocycles. The highest BCUT2D eigenvalue weighted by atomic mass is 19.1. The molecule has 2 aliphatic rings. The van der Waals surface area contributed by atoms with Crippen LogP contribution in [0, 0.1) is 24.4 Å². The van der Waals surface area contributed by atoms with Gasteiger partial charge < -0.3 is 29.2 Å². The van der Waals surface area contributed by atoms with Crippen LogP contribution in [0.1, 0.15) is 12.2 Å². The van der Waals surface area contributed by atoms with Crippen molar-refractivity contribution in [2.45, 2.75) is 38.1 Å². The van der Waals surface area contributed by atoms with E-state index < -0.39 is 35.7 Å². The van der Waals surface area contributed by atoms with Gasteiger partial charge in [-0.1, -0.05) is 6.07 Å². The molecule has 1 unspecified atom stereocenters.